The number of nitriles is 1. The molecule has 1 fully saturated rings. The number of aromatic nitrogens is 4. The number of nitrogens with one attached hydrogen (secondary N) is 1. The molecule has 41 heavy (non-hydrogen) atoms. The van der Waals surface area contributed by atoms with E-state index < -0.39 is 11.7 Å². The van der Waals surface area contributed by atoms with Crippen LogP contribution in [-0.2, 0) is 12.7 Å². The molecular weight excluding hydrogens is 525 g/mol. The Morgan fingerprint density at radius 1 is 0.951 bits per heavy atom. The van der Waals surface area contributed by atoms with Crippen LogP contribution in [0.25, 0.3) is 22.3 Å². The predicted molar refractivity (Wildman–Crippen MR) is 153 cm³/mol. The minimum absolute atomic E-state index is 0.0347. The number of hydrogen-bond acceptors (Lipinski definition) is 5. The van der Waals surface area contributed by atoms with Crippen molar-refractivity contribution in [2.75, 3.05) is 5.32 Å². The normalized spacial score (nSPS) is 16.9. The lowest BCUT2D eigenvalue weighted by molar-refractivity contribution is -0.137. The topological polar surface area (TPSA) is 79.4 Å². The Morgan fingerprint density at radius 3 is 2.29 bits per heavy atom. The van der Waals surface area contributed by atoms with Gasteiger partial charge in [-0.1, -0.05) is 48.9 Å². The molecule has 4 aromatic rings. The van der Waals surface area contributed by atoms with Crippen molar-refractivity contribution in [1.82, 2.24) is 19.5 Å². The highest BCUT2D eigenvalue weighted by Gasteiger charge is 2.31. The summed E-state index contributed by atoms with van der Waals surface area (Å²) >= 11 is 0. The largest absolute Gasteiger partial charge is 0.416 e. The molecule has 6 nitrogen and oxygen atoms in total. The molecule has 0 unspecified atom stereocenters. The fourth-order valence-corrected chi connectivity index (χ4v) is 5.94. The molecule has 1 N–H and O–H groups in total. The number of halogens is 3. The number of alkyl halides is 3. The van der Waals surface area contributed by atoms with Crippen molar-refractivity contribution in [2.24, 2.45) is 5.92 Å². The van der Waals surface area contributed by atoms with Crippen LogP contribution >= 0.6 is 0 Å². The third kappa shape index (κ3) is 5.43. The van der Waals surface area contributed by atoms with Gasteiger partial charge in [-0.3, -0.25) is 0 Å². The molecule has 2 aromatic carbocycles. The minimum Gasteiger partial charge on any atom is -0.365 e. The van der Waals surface area contributed by atoms with Gasteiger partial charge in [0.2, 0.25) is 5.82 Å². The van der Waals surface area contributed by atoms with Crippen molar-refractivity contribution in [1.29, 1.82) is 5.26 Å². The van der Waals surface area contributed by atoms with Gasteiger partial charge in [0.15, 0.2) is 11.5 Å². The molecule has 1 atom stereocenters. The molecule has 2 heterocycles. The van der Waals surface area contributed by atoms with Gasteiger partial charge in [-0.15, -0.1) is 0 Å². The van der Waals surface area contributed by atoms with Crippen molar-refractivity contribution >= 4 is 28.1 Å². The zero-order chi connectivity index (χ0) is 28.6. The first-order chi connectivity index (χ1) is 19.8. The first-order valence-corrected chi connectivity index (χ1v) is 14.2. The van der Waals surface area contributed by atoms with Crippen LogP contribution in [0.3, 0.4) is 0 Å². The van der Waals surface area contributed by atoms with E-state index in [0.29, 0.717) is 28.5 Å². The van der Waals surface area contributed by atoms with Crippen LogP contribution < -0.4 is 5.32 Å². The molecule has 9 heteroatoms. The maximum atomic E-state index is 13.3. The molecule has 2 aliphatic rings. The highest BCUT2D eigenvalue weighted by atomic mass is 19.4. The highest BCUT2D eigenvalue weighted by Crippen LogP contribution is 2.40. The van der Waals surface area contributed by atoms with E-state index in [2.05, 4.69) is 40.4 Å². The second kappa shape index (κ2) is 11.0. The molecule has 210 valence electrons. The van der Waals surface area contributed by atoms with Gasteiger partial charge in [-0.2, -0.15) is 28.4 Å². The summed E-state index contributed by atoms with van der Waals surface area (Å²) in [4.78, 5) is 14.1. The zero-order valence-corrected chi connectivity index (χ0v) is 22.9. The van der Waals surface area contributed by atoms with Crippen molar-refractivity contribution in [2.45, 2.75) is 70.6 Å². The molecular formula is C32H31F3N6. The molecule has 0 amide bonds. The van der Waals surface area contributed by atoms with Crippen LogP contribution in [0.4, 0.5) is 19.0 Å². The molecule has 0 radical (unpaired) electrons. The molecule has 2 aromatic heterocycles. The number of hydrogen-bond donors (Lipinski definition) is 1. The molecule has 2 aliphatic carbocycles. The smallest absolute Gasteiger partial charge is 0.365 e. The van der Waals surface area contributed by atoms with Gasteiger partial charge in [0.25, 0.3) is 0 Å². The van der Waals surface area contributed by atoms with Gasteiger partial charge < -0.3 is 9.88 Å². The summed E-state index contributed by atoms with van der Waals surface area (Å²) < 4.78 is 41.9. The monoisotopic (exact) mass is 556 g/mol. The number of fused-ring (bicyclic) bond motifs is 1. The average Bonchev–Trinajstić information content (AvgIpc) is 3.30. The summed E-state index contributed by atoms with van der Waals surface area (Å²) in [7, 11) is 0. The molecule has 1 saturated carbocycles. The van der Waals surface area contributed by atoms with E-state index >= 15 is 0 Å². The Morgan fingerprint density at radius 2 is 1.66 bits per heavy atom. The maximum absolute atomic E-state index is 13.3. The number of benzene rings is 2. The highest BCUT2D eigenvalue weighted by molar-refractivity contribution is 5.94. The van der Waals surface area contributed by atoms with E-state index in [0.717, 1.165) is 67.6 Å². The first kappa shape index (κ1) is 27.0. The van der Waals surface area contributed by atoms with E-state index in [-0.39, 0.29) is 18.4 Å². The summed E-state index contributed by atoms with van der Waals surface area (Å²) in [6.45, 7) is 2.41. The van der Waals surface area contributed by atoms with E-state index in [4.69, 9.17) is 4.98 Å². The molecule has 6 rings (SSSR count). The lowest BCUT2D eigenvalue weighted by atomic mass is 9.80. The van der Waals surface area contributed by atoms with E-state index in [9.17, 15) is 18.4 Å². The summed E-state index contributed by atoms with van der Waals surface area (Å²) in [5.41, 5.74) is 4.55. The fourth-order valence-electron chi connectivity index (χ4n) is 5.94. The first-order valence-electron chi connectivity index (χ1n) is 14.2. The zero-order valence-electron chi connectivity index (χ0n) is 22.9. The number of nitrogens with zero attached hydrogens (tertiary/aromatic N) is 5. The van der Waals surface area contributed by atoms with Crippen molar-refractivity contribution in [3.8, 4) is 6.07 Å². The number of rotatable bonds is 7. The van der Waals surface area contributed by atoms with Crippen LogP contribution in [0, 0.1) is 17.2 Å². The summed E-state index contributed by atoms with van der Waals surface area (Å²) in [6.07, 6.45) is 2.87. The van der Waals surface area contributed by atoms with Crippen LogP contribution in [0.2, 0.25) is 0 Å². The van der Waals surface area contributed by atoms with Gasteiger partial charge in [-0.05, 0) is 85.8 Å². The third-order valence-corrected chi connectivity index (χ3v) is 8.41. The van der Waals surface area contributed by atoms with Gasteiger partial charge in [-0.25, -0.2) is 4.98 Å². The SMILES string of the molecule is C[C@@H](Nc1nc(C#N)nc2nc(C3=C(c4ccccc4)CCCC3)n(Cc3ccc(C(F)(F)F)cc3)c12)C1CCC1. The van der Waals surface area contributed by atoms with Crippen molar-refractivity contribution < 1.29 is 13.2 Å². The van der Waals surface area contributed by atoms with Crippen LogP contribution in [-0.4, -0.2) is 25.6 Å². The maximum Gasteiger partial charge on any atom is 0.416 e. The van der Waals surface area contributed by atoms with E-state index in [1.54, 1.807) is 0 Å². The Bertz CT molecular complexity index is 1630. The second-order valence-electron chi connectivity index (χ2n) is 11.1. The molecule has 0 saturated heterocycles. The lowest BCUT2D eigenvalue weighted by Gasteiger charge is -2.32. The quantitative estimate of drug-likeness (QED) is 0.251. The van der Waals surface area contributed by atoms with Crippen molar-refractivity contribution in [3.05, 3.63) is 82.9 Å². The third-order valence-electron chi connectivity index (χ3n) is 8.41. The summed E-state index contributed by atoms with van der Waals surface area (Å²) in [6, 6.07) is 17.7. The van der Waals surface area contributed by atoms with Crippen LogP contribution in [0.5, 0.6) is 0 Å². The molecule has 0 spiro atoms. The molecule has 0 bridgehead atoms. The lowest BCUT2D eigenvalue weighted by Crippen LogP contribution is -2.31. The van der Waals surface area contributed by atoms with Gasteiger partial charge in [0.05, 0.1) is 5.56 Å². The minimum atomic E-state index is -4.40. The Labute approximate surface area is 237 Å². The fraction of sp³-hybridized carbons (Fsp3) is 0.375. The second-order valence-corrected chi connectivity index (χ2v) is 11.1. The van der Waals surface area contributed by atoms with Crippen molar-refractivity contribution in [3.63, 3.8) is 0 Å². The summed E-state index contributed by atoms with van der Waals surface area (Å²) in [5.74, 6) is 1.81. The van der Waals surface area contributed by atoms with Crippen LogP contribution in [0.1, 0.15) is 80.2 Å². The summed E-state index contributed by atoms with van der Waals surface area (Å²) in [5, 5.41) is 13.3. The predicted octanol–water partition coefficient (Wildman–Crippen LogP) is 7.85. The van der Waals surface area contributed by atoms with E-state index in [1.165, 1.54) is 24.1 Å². The van der Waals surface area contributed by atoms with Gasteiger partial charge >= 0.3 is 6.18 Å². The van der Waals surface area contributed by atoms with E-state index in [1.807, 2.05) is 22.8 Å². The van der Waals surface area contributed by atoms with Crippen LogP contribution in [0.15, 0.2) is 54.6 Å². The number of anilines is 1. The Balaban J connectivity index is 1.54. The number of imidazole rings is 1. The standard InChI is InChI=1S/C32H31F3N6/c1-20(22-10-7-11-22)37-29-28-30(39-27(18-36)38-29)40-31(26-13-6-5-12-25(26)23-8-3-2-4-9-23)41(28)19-21-14-16-24(17-15-21)32(33,34)35/h2-4,8-9,14-17,20,22H,5-7,10-13,19H2,1H3,(H,37,38,39)/t20-/m1/s1. The van der Waals surface area contributed by atoms with Gasteiger partial charge in [0.1, 0.15) is 17.4 Å². The molecule has 0 aliphatic heterocycles. The average molecular weight is 557 g/mol. The Hall–Kier alpha value is -4.19. The Kier molecular flexibility index (Phi) is 7.24. The number of allylic oxidation sites excluding steroid dienone is 2. The van der Waals surface area contributed by atoms with Gasteiger partial charge in [0, 0.05) is 12.6 Å².